The number of carbonyl (C=O) groups is 1. The summed E-state index contributed by atoms with van der Waals surface area (Å²) < 4.78 is 0. The van der Waals surface area contributed by atoms with Gasteiger partial charge in [0.2, 0.25) is 0 Å². The fraction of sp³-hybridized carbons (Fsp3) is 0.800. The quantitative estimate of drug-likeness (QED) is 0.596. The van der Waals surface area contributed by atoms with Crippen molar-refractivity contribution in [3.05, 3.63) is 0 Å². The third-order valence-electron chi connectivity index (χ3n) is 3.68. The molecule has 0 aromatic heterocycles. The predicted molar refractivity (Wildman–Crippen MR) is 55.0 cm³/mol. The third-order valence-corrected chi connectivity index (χ3v) is 3.68. The number of hydrogen-bond acceptors (Lipinski definition) is 2. The van der Waals surface area contributed by atoms with Gasteiger partial charge in [-0.05, 0) is 24.7 Å². The monoisotopic (exact) mass is 195 g/mol. The molecule has 1 saturated heterocycles. The van der Waals surface area contributed by atoms with Crippen LogP contribution < -0.4 is 10.6 Å². The molecule has 1 saturated carbocycles. The molecule has 1 spiro atoms. The molecule has 1 amide bonds. The lowest BCUT2D eigenvalue weighted by atomic mass is 9.75. The van der Waals surface area contributed by atoms with Crippen LogP contribution >= 0.6 is 0 Å². The van der Waals surface area contributed by atoms with Crippen LogP contribution in [0.2, 0.25) is 0 Å². The van der Waals surface area contributed by atoms with Crippen LogP contribution in [0.3, 0.4) is 0 Å². The summed E-state index contributed by atoms with van der Waals surface area (Å²) in [5, 5.41) is 6.04. The van der Waals surface area contributed by atoms with Gasteiger partial charge in [0.25, 0.3) is 5.91 Å². The first-order chi connectivity index (χ1) is 6.52. The number of amides is 1. The SMILES string of the molecule is CN=C1NC(=O)C2(CCCC2(C)C)N1. The van der Waals surface area contributed by atoms with Gasteiger partial charge >= 0.3 is 0 Å². The second-order valence-corrected chi connectivity index (χ2v) is 4.79. The lowest BCUT2D eigenvalue weighted by molar-refractivity contribution is -0.126. The van der Waals surface area contributed by atoms with Crippen LogP contribution in [0, 0.1) is 5.41 Å². The Kier molecular flexibility index (Phi) is 1.84. The number of hydrogen-bond donors (Lipinski definition) is 2. The molecule has 2 aliphatic rings. The second kappa shape index (κ2) is 2.72. The lowest BCUT2D eigenvalue weighted by Crippen LogP contribution is -2.54. The van der Waals surface area contributed by atoms with Crippen LogP contribution in [0.5, 0.6) is 0 Å². The number of aliphatic imine (C=N–C) groups is 1. The van der Waals surface area contributed by atoms with E-state index in [1.54, 1.807) is 7.05 Å². The van der Waals surface area contributed by atoms with E-state index in [0.717, 1.165) is 19.3 Å². The van der Waals surface area contributed by atoms with Gasteiger partial charge in [-0.2, -0.15) is 0 Å². The Hall–Kier alpha value is -1.06. The molecule has 78 valence electrons. The van der Waals surface area contributed by atoms with Crippen LogP contribution in [0.4, 0.5) is 0 Å². The Morgan fingerprint density at radius 2 is 2.07 bits per heavy atom. The van der Waals surface area contributed by atoms with Crippen LogP contribution in [-0.4, -0.2) is 24.5 Å². The Balaban J connectivity index is 2.37. The van der Waals surface area contributed by atoms with Crippen LogP contribution in [0.1, 0.15) is 33.1 Å². The van der Waals surface area contributed by atoms with Gasteiger partial charge in [-0.3, -0.25) is 15.1 Å². The number of guanidine groups is 1. The maximum atomic E-state index is 11.9. The largest absolute Gasteiger partial charge is 0.341 e. The lowest BCUT2D eigenvalue weighted by Gasteiger charge is -2.35. The number of rotatable bonds is 0. The molecule has 14 heavy (non-hydrogen) atoms. The zero-order valence-corrected chi connectivity index (χ0v) is 8.98. The summed E-state index contributed by atoms with van der Waals surface area (Å²) in [6.07, 6.45) is 3.10. The van der Waals surface area contributed by atoms with Gasteiger partial charge in [-0.25, -0.2) is 0 Å². The fourth-order valence-corrected chi connectivity index (χ4v) is 2.62. The summed E-state index contributed by atoms with van der Waals surface area (Å²) in [5.41, 5.74) is -0.397. The van der Waals surface area contributed by atoms with Gasteiger partial charge in [0.1, 0.15) is 5.54 Å². The van der Waals surface area contributed by atoms with E-state index in [1.807, 2.05) is 0 Å². The summed E-state index contributed by atoms with van der Waals surface area (Å²) in [4.78, 5) is 15.9. The van der Waals surface area contributed by atoms with Gasteiger partial charge < -0.3 is 5.32 Å². The first-order valence-corrected chi connectivity index (χ1v) is 5.08. The molecule has 0 aromatic rings. The predicted octanol–water partition coefficient (Wildman–Crippen LogP) is 0.640. The summed E-state index contributed by atoms with van der Waals surface area (Å²) in [7, 11) is 1.68. The van der Waals surface area contributed by atoms with Crippen molar-refractivity contribution in [3.63, 3.8) is 0 Å². The van der Waals surface area contributed by atoms with E-state index in [2.05, 4.69) is 29.5 Å². The smallest absolute Gasteiger partial charge is 0.252 e. The number of nitrogens with zero attached hydrogens (tertiary/aromatic N) is 1. The van der Waals surface area contributed by atoms with E-state index < -0.39 is 5.54 Å². The summed E-state index contributed by atoms with van der Waals surface area (Å²) in [5.74, 6) is 0.700. The van der Waals surface area contributed by atoms with E-state index in [1.165, 1.54) is 0 Å². The van der Waals surface area contributed by atoms with E-state index in [4.69, 9.17) is 0 Å². The van der Waals surface area contributed by atoms with Gasteiger partial charge in [0, 0.05) is 7.05 Å². The average molecular weight is 195 g/mol. The van der Waals surface area contributed by atoms with Crippen LogP contribution in [0.15, 0.2) is 4.99 Å². The molecule has 1 atom stereocenters. The van der Waals surface area contributed by atoms with Crippen molar-refractivity contribution in [3.8, 4) is 0 Å². The van der Waals surface area contributed by atoms with E-state index in [0.29, 0.717) is 5.96 Å². The van der Waals surface area contributed by atoms with Crippen molar-refractivity contribution in [2.45, 2.75) is 38.6 Å². The van der Waals surface area contributed by atoms with Gasteiger partial charge in [-0.1, -0.05) is 13.8 Å². The molecule has 1 heterocycles. The van der Waals surface area contributed by atoms with Crippen LogP contribution in [0.25, 0.3) is 0 Å². The first-order valence-electron chi connectivity index (χ1n) is 5.08. The highest BCUT2D eigenvalue weighted by Crippen LogP contribution is 2.47. The zero-order valence-electron chi connectivity index (χ0n) is 8.98. The van der Waals surface area contributed by atoms with E-state index in [9.17, 15) is 4.79 Å². The van der Waals surface area contributed by atoms with Gasteiger partial charge in [-0.15, -0.1) is 0 Å². The summed E-state index contributed by atoms with van der Waals surface area (Å²) in [6, 6.07) is 0. The summed E-state index contributed by atoms with van der Waals surface area (Å²) >= 11 is 0. The molecule has 0 aromatic carbocycles. The molecular weight excluding hydrogens is 178 g/mol. The molecule has 0 radical (unpaired) electrons. The highest BCUT2D eigenvalue weighted by atomic mass is 16.2. The molecule has 2 N–H and O–H groups in total. The van der Waals surface area contributed by atoms with Crippen molar-refractivity contribution in [1.82, 2.24) is 10.6 Å². The fourth-order valence-electron chi connectivity index (χ4n) is 2.62. The molecule has 2 rings (SSSR count). The molecule has 2 fully saturated rings. The Morgan fingerprint density at radius 1 is 1.36 bits per heavy atom. The third kappa shape index (κ3) is 0.996. The molecule has 4 nitrogen and oxygen atoms in total. The maximum Gasteiger partial charge on any atom is 0.252 e. The minimum Gasteiger partial charge on any atom is -0.341 e. The summed E-state index contributed by atoms with van der Waals surface area (Å²) in [6.45, 7) is 4.29. The molecule has 1 aliphatic heterocycles. The molecule has 0 bridgehead atoms. The number of nitrogens with one attached hydrogen (secondary N) is 2. The van der Waals surface area contributed by atoms with E-state index >= 15 is 0 Å². The average Bonchev–Trinajstić information content (AvgIpc) is 2.58. The molecular formula is C10H17N3O. The standard InChI is InChI=1S/C10H17N3O/c1-9(2)5-4-6-10(9)7(14)12-8(11-3)13-10/h4-6H2,1-3H3,(H2,11,12,13,14). The topological polar surface area (TPSA) is 53.5 Å². The van der Waals surface area contributed by atoms with Crippen molar-refractivity contribution in [2.75, 3.05) is 7.05 Å². The van der Waals surface area contributed by atoms with Crippen LogP contribution in [-0.2, 0) is 4.79 Å². The minimum atomic E-state index is -0.415. The zero-order chi connectivity index (χ0) is 10.4. The van der Waals surface area contributed by atoms with Crippen molar-refractivity contribution in [2.24, 2.45) is 10.4 Å². The highest BCUT2D eigenvalue weighted by Gasteiger charge is 2.57. The Bertz CT molecular complexity index is 308. The number of carbonyl (C=O) groups excluding carboxylic acids is 1. The normalized spacial score (nSPS) is 37.6. The van der Waals surface area contributed by atoms with Gasteiger partial charge in [0.05, 0.1) is 0 Å². The minimum absolute atomic E-state index is 0.0174. The van der Waals surface area contributed by atoms with Crippen molar-refractivity contribution in [1.29, 1.82) is 0 Å². The second-order valence-electron chi connectivity index (χ2n) is 4.79. The van der Waals surface area contributed by atoms with Crippen molar-refractivity contribution >= 4 is 11.9 Å². The Morgan fingerprint density at radius 3 is 2.50 bits per heavy atom. The molecule has 1 aliphatic carbocycles. The van der Waals surface area contributed by atoms with Gasteiger partial charge in [0.15, 0.2) is 5.96 Å². The Labute approximate surface area is 84.2 Å². The first kappa shape index (κ1) is 9.49. The maximum absolute atomic E-state index is 11.9. The van der Waals surface area contributed by atoms with E-state index in [-0.39, 0.29) is 11.3 Å². The highest BCUT2D eigenvalue weighted by molar-refractivity contribution is 6.09. The van der Waals surface area contributed by atoms with Crippen molar-refractivity contribution < 1.29 is 4.79 Å². The molecule has 1 unspecified atom stereocenters. The molecule has 4 heteroatoms.